The average Bonchev–Trinajstić information content (AvgIpc) is 3.28. The maximum Gasteiger partial charge on any atom is 0.264 e. The molecule has 0 fully saturated rings. The predicted octanol–water partition coefficient (Wildman–Crippen LogP) is 6.73. The quantitative estimate of drug-likeness (QED) is 0.309. The van der Waals surface area contributed by atoms with Crippen LogP contribution in [-0.4, -0.2) is 9.38 Å². The number of pyridine rings is 1. The average molecular weight is 425 g/mol. The minimum atomic E-state index is 0.0227. The first-order valence-electron chi connectivity index (χ1n) is 11.3. The number of aryl methyl sites for hydroxylation is 1. The summed E-state index contributed by atoms with van der Waals surface area (Å²) in [6.07, 6.45) is 5.96. The molecule has 0 bridgehead atoms. The van der Waals surface area contributed by atoms with Crippen molar-refractivity contribution in [3.05, 3.63) is 113 Å². The Labute approximate surface area is 190 Å². The van der Waals surface area contributed by atoms with Gasteiger partial charge in [0, 0.05) is 16.2 Å². The smallest absolute Gasteiger partial charge is 0.264 e. The number of fused-ring (bicyclic) bond motifs is 4. The van der Waals surface area contributed by atoms with E-state index in [9.17, 15) is 4.79 Å². The number of imidazole rings is 1. The van der Waals surface area contributed by atoms with Crippen molar-refractivity contribution in [2.24, 2.45) is 0 Å². The maximum atomic E-state index is 14.0. The molecular formula is C30H20N2O. The van der Waals surface area contributed by atoms with Crippen LogP contribution >= 0.6 is 0 Å². The van der Waals surface area contributed by atoms with Crippen molar-refractivity contribution in [2.45, 2.75) is 12.8 Å². The number of benzene rings is 4. The molecule has 2 heterocycles. The number of aromatic nitrogens is 2. The highest BCUT2D eigenvalue weighted by Gasteiger charge is 2.22. The Morgan fingerprint density at radius 2 is 1.45 bits per heavy atom. The fourth-order valence-electron chi connectivity index (χ4n) is 5.29. The molecule has 33 heavy (non-hydrogen) atoms. The molecule has 0 saturated carbocycles. The van der Waals surface area contributed by atoms with Gasteiger partial charge >= 0.3 is 0 Å². The highest BCUT2D eigenvalue weighted by atomic mass is 16.1. The summed E-state index contributed by atoms with van der Waals surface area (Å²) < 4.78 is 1.85. The van der Waals surface area contributed by atoms with Crippen LogP contribution in [-0.2, 0) is 6.42 Å². The molecule has 1 aliphatic rings. The molecule has 7 rings (SSSR count). The summed E-state index contributed by atoms with van der Waals surface area (Å²) in [6.45, 7) is 0. The second kappa shape index (κ2) is 6.88. The van der Waals surface area contributed by atoms with E-state index in [1.165, 1.54) is 0 Å². The molecule has 0 amide bonds. The second-order valence-electron chi connectivity index (χ2n) is 8.69. The van der Waals surface area contributed by atoms with Gasteiger partial charge in [0.1, 0.15) is 5.65 Å². The SMILES string of the molecule is O=c1c2cc(-c3ccccc3)cc3c(-c4ccccc4)ccc(c32)c2nc3c(n12)CCC=C3. The summed E-state index contributed by atoms with van der Waals surface area (Å²) in [6, 6.07) is 29.3. The number of hydrogen-bond acceptors (Lipinski definition) is 2. The zero-order valence-electron chi connectivity index (χ0n) is 18.0. The van der Waals surface area contributed by atoms with Gasteiger partial charge in [0.05, 0.1) is 11.4 Å². The standard InChI is InChI=1S/C30H20N2O/c33-30-25-18-21(19-9-3-1-4-10-19)17-24-22(20-11-5-2-6-12-20)15-16-23(28(24)25)29-31-26-13-7-8-14-27(26)32(29)30/h1-7,9-13,15-18H,8,14H2. The normalized spacial score (nSPS) is 13.2. The highest BCUT2D eigenvalue weighted by molar-refractivity contribution is 6.19. The summed E-state index contributed by atoms with van der Waals surface area (Å²) >= 11 is 0. The Bertz CT molecular complexity index is 1760. The molecule has 156 valence electrons. The van der Waals surface area contributed by atoms with Crippen molar-refractivity contribution in [1.29, 1.82) is 0 Å². The molecule has 6 aromatic rings. The molecule has 4 aromatic carbocycles. The van der Waals surface area contributed by atoms with Crippen molar-refractivity contribution in [1.82, 2.24) is 9.38 Å². The van der Waals surface area contributed by atoms with Crippen molar-refractivity contribution >= 4 is 33.3 Å². The van der Waals surface area contributed by atoms with E-state index in [0.717, 1.165) is 73.7 Å². The number of allylic oxidation sites excluding steroid dienone is 1. The van der Waals surface area contributed by atoms with E-state index >= 15 is 0 Å². The predicted molar refractivity (Wildman–Crippen MR) is 136 cm³/mol. The Hall–Kier alpha value is -4.24. The Kier molecular flexibility index (Phi) is 3.82. The van der Waals surface area contributed by atoms with Crippen LogP contribution in [0.5, 0.6) is 0 Å². The van der Waals surface area contributed by atoms with Crippen molar-refractivity contribution in [3.8, 4) is 22.3 Å². The van der Waals surface area contributed by atoms with Crippen LogP contribution < -0.4 is 5.56 Å². The minimum absolute atomic E-state index is 0.0227. The lowest BCUT2D eigenvalue weighted by Gasteiger charge is -2.15. The van der Waals surface area contributed by atoms with E-state index in [0.29, 0.717) is 0 Å². The molecule has 0 saturated heterocycles. The summed E-state index contributed by atoms with van der Waals surface area (Å²) in [5.41, 5.74) is 7.16. The van der Waals surface area contributed by atoms with Gasteiger partial charge in [0.15, 0.2) is 0 Å². The summed E-state index contributed by atoms with van der Waals surface area (Å²) in [5, 5.41) is 3.87. The van der Waals surface area contributed by atoms with Gasteiger partial charge in [0.2, 0.25) is 0 Å². The van der Waals surface area contributed by atoms with Crippen molar-refractivity contribution in [3.63, 3.8) is 0 Å². The zero-order valence-corrected chi connectivity index (χ0v) is 18.0. The largest absolute Gasteiger partial charge is 0.268 e. The third kappa shape index (κ3) is 2.63. The maximum absolute atomic E-state index is 14.0. The molecule has 0 atom stereocenters. The van der Waals surface area contributed by atoms with Gasteiger partial charge in [-0.05, 0) is 64.8 Å². The zero-order chi connectivity index (χ0) is 21.9. The molecule has 3 nitrogen and oxygen atoms in total. The van der Waals surface area contributed by atoms with Gasteiger partial charge < -0.3 is 0 Å². The minimum Gasteiger partial charge on any atom is -0.268 e. The first kappa shape index (κ1) is 18.3. The Morgan fingerprint density at radius 1 is 0.727 bits per heavy atom. The van der Waals surface area contributed by atoms with E-state index in [2.05, 4.69) is 66.7 Å². The molecule has 1 aliphatic carbocycles. The molecule has 0 unspecified atom stereocenters. The fraction of sp³-hybridized carbons (Fsp3) is 0.0667. The van der Waals surface area contributed by atoms with Crippen LogP contribution in [0.2, 0.25) is 0 Å². The lowest BCUT2D eigenvalue weighted by Crippen LogP contribution is -2.16. The topological polar surface area (TPSA) is 34.4 Å². The molecule has 0 radical (unpaired) electrons. The molecule has 0 N–H and O–H groups in total. The first-order chi connectivity index (χ1) is 16.3. The van der Waals surface area contributed by atoms with Crippen LogP contribution in [0.3, 0.4) is 0 Å². The molecule has 3 heteroatoms. The fourth-order valence-corrected chi connectivity index (χ4v) is 5.29. The summed E-state index contributed by atoms with van der Waals surface area (Å²) in [7, 11) is 0. The van der Waals surface area contributed by atoms with E-state index in [-0.39, 0.29) is 5.56 Å². The Morgan fingerprint density at radius 3 is 2.24 bits per heavy atom. The summed E-state index contributed by atoms with van der Waals surface area (Å²) in [4.78, 5) is 18.9. The first-order valence-corrected chi connectivity index (χ1v) is 11.3. The third-order valence-corrected chi connectivity index (χ3v) is 6.81. The van der Waals surface area contributed by atoms with E-state index < -0.39 is 0 Å². The lowest BCUT2D eigenvalue weighted by atomic mass is 9.91. The van der Waals surface area contributed by atoms with Crippen LogP contribution in [0.25, 0.3) is 55.5 Å². The van der Waals surface area contributed by atoms with Gasteiger partial charge in [-0.25, -0.2) is 4.98 Å². The molecule has 0 aliphatic heterocycles. The Balaban J connectivity index is 1.69. The van der Waals surface area contributed by atoms with Gasteiger partial charge in [0.25, 0.3) is 5.56 Å². The van der Waals surface area contributed by atoms with Gasteiger partial charge in [-0.1, -0.05) is 72.8 Å². The molecular weight excluding hydrogens is 404 g/mol. The number of rotatable bonds is 2. The highest BCUT2D eigenvalue weighted by Crippen LogP contribution is 2.39. The van der Waals surface area contributed by atoms with Crippen molar-refractivity contribution in [2.75, 3.05) is 0 Å². The molecule has 2 aromatic heterocycles. The summed E-state index contributed by atoms with van der Waals surface area (Å²) in [5.74, 6) is 0. The van der Waals surface area contributed by atoms with Crippen LogP contribution in [0, 0.1) is 0 Å². The third-order valence-electron chi connectivity index (χ3n) is 6.81. The lowest BCUT2D eigenvalue weighted by molar-refractivity contribution is 0.898. The van der Waals surface area contributed by atoms with Crippen LogP contribution in [0.15, 0.2) is 95.8 Å². The van der Waals surface area contributed by atoms with Gasteiger partial charge in [-0.3, -0.25) is 9.20 Å². The van der Waals surface area contributed by atoms with Crippen LogP contribution in [0.4, 0.5) is 0 Å². The van der Waals surface area contributed by atoms with E-state index in [4.69, 9.17) is 4.98 Å². The number of hydrogen-bond donors (Lipinski definition) is 0. The van der Waals surface area contributed by atoms with Gasteiger partial charge in [-0.15, -0.1) is 0 Å². The second-order valence-corrected chi connectivity index (χ2v) is 8.69. The molecule has 0 spiro atoms. The number of nitrogens with zero attached hydrogens (tertiary/aromatic N) is 2. The van der Waals surface area contributed by atoms with Crippen LogP contribution in [0.1, 0.15) is 17.8 Å². The monoisotopic (exact) mass is 424 g/mol. The van der Waals surface area contributed by atoms with E-state index in [1.54, 1.807) is 0 Å². The van der Waals surface area contributed by atoms with Gasteiger partial charge in [-0.2, -0.15) is 0 Å². The van der Waals surface area contributed by atoms with E-state index in [1.807, 2.05) is 34.7 Å². The van der Waals surface area contributed by atoms with Crippen molar-refractivity contribution < 1.29 is 0 Å².